The van der Waals surface area contributed by atoms with Crippen LogP contribution in [0.2, 0.25) is 0 Å². The van der Waals surface area contributed by atoms with E-state index >= 15 is 0 Å². The van der Waals surface area contributed by atoms with Gasteiger partial charge in [-0.3, -0.25) is 0 Å². The predicted molar refractivity (Wildman–Crippen MR) is 87.2 cm³/mol. The van der Waals surface area contributed by atoms with Crippen LogP contribution < -0.4 is 9.47 Å². The maximum atomic E-state index is 12.4. The molecule has 0 atom stereocenters. The molecule has 0 aliphatic carbocycles. The Morgan fingerprint density at radius 2 is 1.75 bits per heavy atom. The first kappa shape index (κ1) is 16.0. The average molecular weight is 346 g/mol. The van der Waals surface area contributed by atoms with Gasteiger partial charge in [0.15, 0.2) is 5.76 Å². The van der Waals surface area contributed by atoms with Gasteiger partial charge in [-0.25, -0.2) is 8.42 Å². The second-order valence-electron chi connectivity index (χ2n) is 4.89. The van der Waals surface area contributed by atoms with Gasteiger partial charge in [0.2, 0.25) is 14.9 Å². The molecular weight excluding hydrogens is 332 g/mol. The van der Waals surface area contributed by atoms with Crippen LogP contribution in [0.3, 0.4) is 0 Å². The van der Waals surface area contributed by atoms with Crippen LogP contribution in [0.15, 0.2) is 62.6 Å². The molecule has 0 spiro atoms. The molecule has 8 heteroatoms. The van der Waals surface area contributed by atoms with Gasteiger partial charge in [0.25, 0.3) is 0 Å². The van der Waals surface area contributed by atoms with E-state index in [1.54, 1.807) is 30.3 Å². The Labute approximate surface area is 138 Å². The summed E-state index contributed by atoms with van der Waals surface area (Å²) in [5, 5.41) is 17.3. The lowest BCUT2D eigenvalue weighted by atomic mass is 10.2. The molecule has 7 nitrogen and oxygen atoms in total. The molecule has 0 saturated carbocycles. The molecule has 1 aliphatic heterocycles. The number of sulfone groups is 1. The normalized spacial score (nSPS) is 15.6. The third kappa shape index (κ3) is 2.50. The van der Waals surface area contributed by atoms with E-state index in [9.17, 15) is 13.5 Å². The van der Waals surface area contributed by atoms with Crippen LogP contribution in [0.4, 0.5) is 5.69 Å². The van der Waals surface area contributed by atoms with E-state index in [1.807, 2.05) is 0 Å². The molecule has 24 heavy (non-hydrogen) atoms. The molecule has 0 bridgehead atoms. The summed E-state index contributed by atoms with van der Waals surface area (Å²) in [5.74, 6) is 0.515. The zero-order chi connectivity index (χ0) is 17.3. The second-order valence-corrected chi connectivity index (χ2v) is 6.72. The number of aliphatic hydroxyl groups excluding tert-OH is 1. The zero-order valence-corrected chi connectivity index (χ0v) is 13.7. The van der Waals surface area contributed by atoms with Crippen molar-refractivity contribution in [1.82, 2.24) is 0 Å². The number of aliphatic hydroxyl groups is 1. The van der Waals surface area contributed by atoms with Crippen molar-refractivity contribution in [2.75, 3.05) is 14.2 Å². The largest absolute Gasteiger partial charge is 0.504 e. The number of azo groups is 1. The number of hydrogen-bond donors (Lipinski definition) is 1. The molecule has 0 amide bonds. The zero-order valence-electron chi connectivity index (χ0n) is 12.9. The average Bonchev–Trinajstić information content (AvgIpc) is 2.80. The lowest BCUT2D eigenvalue weighted by molar-refractivity contribution is 0.395. The molecule has 2 aromatic carbocycles. The van der Waals surface area contributed by atoms with E-state index in [-0.39, 0.29) is 10.5 Å². The second kappa shape index (κ2) is 5.97. The van der Waals surface area contributed by atoms with Crippen LogP contribution in [-0.4, -0.2) is 27.7 Å². The first-order valence-corrected chi connectivity index (χ1v) is 8.39. The highest BCUT2D eigenvalue weighted by Crippen LogP contribution is 2.39. The number of nitrogens with zero attached hydrogens (tertiary/aromatic N) is 2. The van der Waals surface area contributed by atoms with Crippen molar-refractivity contribution in [2.24, 2.45) is 10.2 Å². The van der Waals surface area contributed by atoms with Crippen molar-refractivity contribution in [3.05, 3.63) is 53.1 Å². The standard InChI is InChI=1S/C16H14N2O5S/c1-22-10-7-8-12(13(9-10)23-2)17-18-16-15(19)11-5-3-4-6-14(11)24(16,20)21/h3-9,19H,1-2H3/b18-17+. The van der Waals surface area contributed by atoms with Crippen LogP contribution in [0.25, 0.3) is 5.76 Å². The lowest BCUT2D eigenvalue weighted by Crippen LogP contribution is -1.98. The first-order valence-electron chi connectivity index (χ1n) is 6.90. The summed E-state index contributed by atoms with van der Waals surface area (Å²) in [6.07, 6.45) is 0. The summed E-state index contributed by atoms with van der Waals surface area (Å²) in [7, 11) is -0.928. The van der Waals surface area contributed by atoms with Crippen LogP contribution in [-0.2, 0) is 9.84 Å². The fourth-order valence-electron chi connectivity index (χ4n) is 2.31. The highest BCUT2D eigenvalue weighted by Gasteiger charge is 2.36. The summed E-state index contributed by atoms with van der Waals surface area (Å²) in [4.78, 5) is 0.0122. The Kier molecular flexibility index (Phi) is 3.98. The SMILES string of the molecule is COc1ccc(/N=N/C2=C(O)c3ccccc3S2(=O)=O)c(OC)c1. The van der Waals surface area contributed by atoms with Crippen molar-refractivity contribution < 1.29 is 23.0 Å². The molecule has 124 valence electrons. The van der Waals surface area contributed by atoms with Gasteiger partial charge in [-0.1, -0.05) is 12.1 Å². The monoisotopic (exact) mass is 346 g/mol. The summed E-state index contributed by atoms with van der Waals surface area (Å²) < 4.78 is 35.2. The Morgan fingerprint density at radius 1 is 1.00 bits per heavy atom. The number of hydrogen-bond acceptors (Lipinski definition) is 7. The van der Waals surface area contributed by atoms with Crippen molar-refractivity contribution in [1.29, 1.82) is 0 Å². The first-order chi connectivity index (χ1) is 11.5. The molecule has 2 aromatic rings. The third-order valence-corrected chi connectivity index (χ3v) is 5.24. The van der Waals surface area contributed by atoms with Crippen molar-refractivity contribution in [3.63, 3.8) is 0 Å². The van der Waals surface area contributed by atoms with E-state index in [0.29, 0.717) is 17.2 Å². The van der Waals surface area contributed by atoms with Crippen molar-refractivity contribution in [2.45, 2.75) is 4.90 Å². The molecule has 1 aliphatic rings. The summed E-state index contributed by atoms with van der Waals surface area (Å²) in [6, 6.07) is 11.0. The maximum Gasteiger partial charge on any atom is 0.230 e. The Bertz CT molecular complexity index is 964. The van der Waals surface area contributed by atoms with Gasteiger partial charge in [-0.05, 0) is 24.3 Å². The van der Waals surface area contributed by atoms with Gasteiger partial charge >= 0.3 is 0 Å². The number of benzene rings is 2. The van der Waals surface area contributed by atoms with Crippen LogP contribution in [0.5, 0.6) is 11.5 Å². The summed E-state index contributed by atoms with van der Waals surface area (Å²) in [5.41, 5.74) is 0.526. The third-order valence-electron chi connectivity index (χ3n) is 3.52. The van der Waals surface area contributed by atoms with Gasteiger partial charge in [-0.15, -0.1) is 10.2 Å². The number of methoxy groups -OCH3 is 2. The molecule has 3 rings (SSSR count). The molecule has 1 N–H and O–H groups in total. The minimum Gasteiger partial charge on any atom is -0.504 e. The smallest absolute Gasteiger partial charge is 0.230 e. The van der Waals surface area contributed by atoms with Crippen LogP contribution in [0.1, 0.15) is 5.56 Å². The lowest BCUT2D eigenvalue weighted by Gasteiger charge is -2.06. The van der Waals surface area contributed by atoms with Crippen molar-refractivity contribution >= 4 is 21.3 Å². The Balaban J connectivity index is 2.04. The maximum absolute atomic E-state index is 12.4. The molecule has 0 radical (unpaired) electrons. The number of ether oxygens (including phenoxy) is 2. The summed E-state index contributed by atoms with van der Waals surface area (Å²) >= 11 is 0. The van der Waals surface area contributed by atoms with E-state index in [4.69, 9.17) is 9.47 Å². The molecule has 0 unspecified atom stereocenters. The molecule has 0 fully saturated rings. The van der Waals surface area contributed by atoms with Crippen molar-refractivity contribution in [3.8, 4) is 11.5 Å². The highest BCUT2D eigenvalue weighted by molar-refractivity contribution is 7.95. The summed E-state index contributed by atoms with van der Waals surface area (Å²) in [6.45, 7) is 0. The van der Waals surface area contributed by atoms with Crippen LogP contribution >= 0.6 is 0 Å². The Morgan fingerprint density at radius 3 is 2.42 bits per heavy atom. The van der Waals surface area contributed by atoms with Gasteiger partial charge in [0.05, 0.1) is 19.1 Å². The number of fused-ring (bicyclic) bond motifs is 1. The quantitative estimate of drug-likeness (QED) is 0.855. The van der Waals surface area contributed by atoms with E-state index in [1.165, 1.54) is 26.4 Å². The Hall–Kier alpha value is -2.87. The fraction of sp³-hybridized carbons (Fsp3) is 0.125. The molecular formula is C16H14N2O5S. The number of rotatable bonds is 4. The molecule has 0 saturated heterocycles. The fourth-order valence-corrected chi connectivity index (χ4v) is 3.74. The predicted octanol–water partition coefficient (Wildman–Crippen LogP) is 3.46. The van der Waals surface area contributed by atoms with Gasteiger partial charge in [0.1, 0.15) is 17.2 Å². The highest BCUT2D eigenvalue weighted by atomic mass is 32.2. The minimum absolute atomic E-state index is 0.0122. The minimum atomic E-state index is -3.89. The topological polar surface area (TPSA) is 97.5 Å². The van der Waals surface area contributed by atoms with E-state index in [0.717, 1.165) is 0 Å². The van der Waals surface area contributed by atoms with E-state index in [2.05, 4.69) is 10.2 Å². The van der Waals surface area contributed by atoms with E-state index < -0.39 is 20.6 Å². The molecule has 0 aromatic heterocycles. The molecule has 1 heterocycles. The van der Waals surface area contributed by atoms with Crippen LogP contribution in [0, 0.1) is 0 Å². The van der Waals surface area contributed by atoms with Gasteiger partial charge in [0, 0.05) is 11.6 Å². The van der Waals surface area contributed by atoms with Gasteiger partial charge in [-0.2, -0.15) is 0 Å². The van der Waals surface area contributed by atoms with Gasteiger partial charge < -0.3 is 14.6 Å².